The van der Waals surface area contributed by atoms with Crippen molar-refractivity contribution in [2.45, 2.75) is 19.3 Å². The number of likely N-dealkylation sites (tertiary alicyclic amines) is 2. The highest BCUT2D eigenvalue weighted by Crippen LogP contribution is 2.44. The van der Waals surface area contributed by atoms with E-state index in [4.69, 9.17) is 0 Å². The van der Waals surface area contributed by atoms with Gasteiger partial charge < -0.3 is 14.9 Å². The Morgan fingerprint density at radius 1 is 1.40 bits per heavy atom. The number of fused-ring (bicyclic) bond motifs is 2. The highest BCUT2D eigenvalue weighted by atomic mass is 16.4. The van der Waals surface area contributed by atoms with E-state index < -0.39 is 17.3 Å². The summed E-state index contributed by atoms with van der Waals surface area (Å²) in [7, 11) is 0. The molecule has 132 valence electrons. The van der Waals surface area contributed by atoms with E-state index in [1.165, 1.54) is 9.80 Å². The Hall–Kier alpha value is -2.64. The average Bonchev–Trinajstić information content (AvgIpc) is 3.29. The van der Waals surface area contributed by atoms with Gasteiger partial charge in [0.1, 0.15) is 5.41 Å². The maximum atomic E-state index is 12.9. The summed E-state index contributed by atoms with van der Waals surface area (Å²) in [5.41, 5.74) is 1.06. The third-order valence-electron chi connectivity index (χ3n) is 5.70. The minimum absolute atomic E-state index is 0.0346. The minimum Gasteiger partial charge on any atom is -0.481 e. The number of nitrogens with one attached hydrogen (secondary N) is 1. The molecule has 1 aliphatic carbocycles. The predicted octanol–water partition coefficient (Wildman–Crippen LogP) is 0.0696. The SMILES string of the molecule is C=CCN1C[C@@]2(C(=O)O)CN(C(=O)c3n[nH]c4c3CCC4)C[C@H]2C1=O. The number of H-pyrrole nitrogens is 1. The summed E-state index contributed by atoms with van der Waals surface area (Å²) < 4.78 is 0. The van der Waals surface area contributed by atoms with Crippen LogP contribution in [0.1, 0.15) is 28.2 Å². The normalized spacial score (nSPS) is 27.5. The molecule has 0 bridgehead atoms. The van der Waals surface area contributed by atoms with Crippen LogP contribution in [0.3, 0.4) is 0 Å². The van der Waals surface area contributed by atoms with Gasteiger partial charge in [-0.3, -0.25) is 19.5 Å². The molecule has 8 heteroatoms. The zero-order valence-corrected chi connectivity index (χ0v) is 13.8. The lowest BCUT2D eigenvalue weighted by Gasteiger charge is -2.24. The summed E-state index contributed by atoms with van der Waals surface area (Å²) in [6, 6.07) is 0. The van der Waals surface area contributed by atoms with E-state index >= 15 is 0 Å². The van der Waals surface area contributed by atoms with Crippen LogP contribution in [-0.2, 0) is 22.4 Å². The molecule has 8 nitrogen and oxygen atoms in total. The number of aryl methyl sites for hydroxylation is 1. The second-order valence-corrected chi connectivity index (χ2v) is 7.09. The molecule has 2 amide bonds. The highest BCUT2D eigenvalue weighted by molar-refractivity contribution is 5.98. The molecule has 2 saturated heterocycles. The van der Waals surface area contributed by atoms with Crippen molar-refractivity contribution in [3.8, 4) is 0 Å². The molecule has 0 spiro atoms. The Bertz CT molecular complexity index is 786. The minimum atomic E-state index is -1.24. The molecular weight excluding hydrogens is 324 g/mol. The van der Waals surface area contributed by atoms with Crippen LogP contribution < -0.4 is 0 Å². The number of carboxylic acid groups (broad SMARTS) is 1. The third-order valence-corrected chi connectivity index (χ3v) is 5.70. The summed E-state index contributed by atoms with van der Waals surface area (Å²) in [6.45, 7) is 4.21. The fourth-order valence-corrected chi connectivity index (χ4v) is 4.42. The van der Waals surface area contributed by atoms with Gasteiger partial charge in [-0.15, -0.1) is 6.58 Å². The maximum Gasteiger partial charge on any atom is 0.314 e. The van der Waals surface area contributed by atoms with Crippen molar-refractivity contribution in [3.05, 3.63) is 29.6 Å². The third kappa shape index (κ3) is 2.13. The van der Waals surface area contributed by atoms with E-state index in [-0.39, 0.29) is 31.4 Å². The topological polar surface area (TPSA) is 107 Å². The van der Waals surface area contributed by atoms with Gasteiger partial charge in [-0.2, -0.15) is 5.10 Å². The van der Waals surface area contributed by atoms with Crippen LogP contribution in [0.5, 0.6) is 0 Å². The molecule has 0 aromatic carbocycles. The van der Waals surface area contributed by atoms with Gasteiger partial charge in [0.2, 0.25) is 5.91 Å². The number of amides is 2. The molecule has 4 rings (SSSR count). The number of aliphatic carboxylic acids is 1. The van der Waals surface area contributed by atoms with Crippen molar-refractivity contribution in [1.82, 2.24) is 20.0 Å². The van der Waals surface area contributed by atoms with Crippen LogP contribution >= 0.6 is 0 Å². The zero-order chi connectivity index (χ0) is 17.8. The molecule has 0 unspecified atom stereocenters. The van der Waals surface area contributed by atoms with Gasteiger partial charge in [0.05, 0.1) is 5.92 Å². The Morgan fingerprint density at radius 3 is 2.88 bits per heavy atom. The molecule has 1 aromatic heterocycles. The van der Waals surface area contributed by atoms with Gasteiger partial charge in [0.15, 0.2) is 5.69 Å². The molecule has 0 radical (unpaired) electrons. The first-order valence-corrected chi connectivity index (χ1v) is 8.46. The number of rotatable bonds is 4. The standard InChI is InChI=1S/C17H20N4O4/c1-2-6-20-8-17(16(24)25)9-21(7-11(17)14(20)22)15(23)13-10-4-3-5-12(10)18-19-13/h2,11H,1,3-9H2,(H,18,19)(H,24,25)/t11-,17+/m0/s1. The van der Waals surface area contributed by atoms with Gasteiger partial charge in [-0.05, 0) is 19.3 Å². The lowest BCUT2D eigenvalue weighted by molar-refractivity contribution is -0.149. The molecule has 2 fully saturated rings. The molecule has 0 saturated carbocycles. The van der Waals surface area contributed by atoms with Crippen LogP contribution in [0.2, 0.25) is 0 Å². The molecule has 25 heavy (non-hydrogen) atoms. The smallest absolute Gasteiger partial charge is 0.314 e. The van der Waals surface area contributed by atoms with Crippen molar-refractivity contribution >= 4 is 17.8 Å². The Balaban J connectivity index is 1.61. The van der Waals surface area contributed by atoms with Gasteiger partial charge in [-0.25, -0.2) is 0 Å². The van der Waals surface area contributed by atoms with Gasteiger partial charge in [0, 0.05) is 37.4 Å². The van der Waals surface area contributed by atoms with E-state index in [1.54, 1.807) is 6.08 Å². The number of carbonyl (C=O) groups excluding carboxylic acids is 2. The number of carbonyl (C=O) groups is 3. The Morgan fingerprint density at radius 2 is 2.20 bits per heavy atom. The van der Waals surface area contributed by atoms with Crippen molar-refractivity contribution in [2.75, 3.05) is 26.2 Å². The van der Waals surface area contributed by atoms with Gasteiger partial charge in [0.25, 0.3) is 5.91 Å². The Labute approximate surface area is 144 Å². The number of hydrogen-bond acceptors (Lipinski definition) is 4. The highest BCUT2D eigenvalue weighted by Gasteiger charge is 2.62. The van der Waals surface area contributed by atoms with Crippen molar-refractivity contribution in [3.63, 3.8) is 0 Å². The Kier molecular flexibility index (Phi) is 3.45. The van der Waals surface area contributed by atoms with Crippen molar-refractivity contribution < 1.29 is 19.5 Å². The first kappa shape index (κ1) is 15.9. The summed E-state index contributed by atoms with van der Waals surface area (Å²) in [6.07, 6.45) is 4.26. The molecule has 2 N–H and O–H groups in total. The van der Waals surface area contributed by atoms with E-state index in [0.29, 0.717) is 12.2 Å². The largest absolute Gasteiger partial charge is 0.481 e. The second-order valence-electron chi connectivity index (χ2n) is 7.09. The molecule has 2 atom stereocenters. The van der Waals surface area contributed by atoms with Crippen LogP contribution in [0.15, 0.2) is 12.7 Å². The number of aromatic nitrogens is 2. The molecular formula is C17H20N4O4. The van der Waals surface area contributed by atoms with Crippen LogP contribution in [0.25, 0.3) is 0 Å². The monoisotopic (exact) mass is 344 g/mol. The summed E-state index contributed by atoms with van der Waals surface area (Å²) in [5.74, 6) is -2.23. The molecule has 2 aliphatic heterocycles. The predicted molar refractivity (Wildman–Crippen MR) is 86.9 cm³/mol. The number of nitrogens with zero attached hydrogens (tertiary/aromatic N) is 3. The van der Waals surface area contributed by atoms with E-state index in [9.17, 15) is 19.5 Å². The summed E-state index contributed by atoms with van der Waals surface area (Å²) in [5, 5.41) is 16.8. The molecule has 3 heterocycles. The number of aromatic amines is 1. The summed E-state index contributed by atoms with van der Waals surface area (Å²) >= 11 is 0. The second kappa shape index (κ2) is 5.44. The van der Waals surface area contributed by atoms with E-state index in [1.807, 2.05) is 0 Å². The fraction of sp³-hybridized carbons (Fsp3) is 0.529. The fourth-order valence-electron chi connectivity index (χ4n) is 4.42. The number of hydrogen-bond donors (Lipinski definition) is 2. The number of carboxylic acids is 1. The van der Waals surface area contributed by atoms with Crippen LogP contribution in [0, 0.1) is 11.3 Å². The quantitative estimate of drug-likeness (QED) is 0.752. The van der Waals surface area contributed by atoms with E-state index in [0.717, 1.165) is 30.5 Å². The first-order valence-electron chi connectivity index (χ1n) is 8.46. The zero-order valence-electron chi connectivity index (χ0n) is 13.8. The maximum absolute atomic E-state index is 12.9. The molecule has 3 aliphatic rings. The first-order chi connectivity index (χ1) is 12.0. The summed E-state index contributed by atoms with van der Waals surface area (Å²) in [4.78, 5) is 40.4. The molecule has 1 aromatic rings. The van der Waals surface area contributed by atoms with Crippen molar-refractivity contribution in [1.29, 1.82) is 0 Å². The van der Waals surface area contributed by atoms with E-state index in [2.05, 4.69) is 16.8 Å². The average molecular weight is 344 g/mol. The van der Waals surface area contributed by atoms with Crippen LogP contribution in [0.4, 0.5) is 0 Å². The lowest BCUT2D eigenvalue weighted by atomic mass is 9.81. The van der Waals surface area contributed by atoms with Crippen LogP contribution in [-0.4, -0.2) is 69.1 Å². The van der Waals surface area contributed by atoms with Gasteiger partial charge in [-0.1, -0.05) is 6.08 Å². The lowest BCUT2D eigenvalue weighted by Crippen LogP contribution is -2.42. The van der Waals surface area contributed by atoms with Crippen molar-refractivity contribution in [2.24, 2.45) is 11.3 Å². The van der Waals surface area contributed by atoms with Gasteiger partial charge >= 0.3 is 5.97 Å².